The summed E-state index contributed by atoms with van der Waals surface area (Å²) in [7, 11) is 2.79. The molecule has 16 heteroatoms. The lowest BCUT2D eigenvalue weighted by Crippen LogP contribution is -2.59. The number of aromatic hydroxyl groups is 2. The molecule has 0 unspecified atom stereocenters. The number of hydrogen-bond acceptors (Lipinski definition) is 16. The second-order valence-corrected chi connectivity index (χ2v) is 12.0. The van der Waals surface area contributed by atoms with E-state index < -0.39 is 86.5 Å². The zero-order valence-corrected chi connectivity index (χ0v) is 26.6. The third-order valence-corrected chi connectivity index (χ3v) is 8.80. The van der Waals surface area contributed by atoms with Crippen LogP contribution in [-0.4, -0.2) is 153 Å². The van der Waals surface area contributed by atoms with Gasteiger partial charge in [-0.15, -0.1) is 0 Å². The van der Waals surface area contributed by atoms with E-state index in [-0.39, 0.29) is 49.1 Å². The van der Waals surface area contributed by atoms with Crippen LogP contribution >= 0.6 is 0 Å². The van der Waals surface area contributed by atoms with Crippen molar-refractivity contribution >= 4 is 0 Å². The SMILES string of the molecule is COc1cc(C[C@@H](CO[C@H]2O[C@@H](CO)[C@H](O)[C@@H](O)[C@@H]2O)[C@H](CO[C@H]2O[C@@H](CO)[C@@H](O)[C@@H](O)[C@@H]2O)Cc2ccc(O)c(OC)c2)ccc1O. The molecule has 12 atom stereocenters. The van der Waals surface area contributed by atoms with Crippen molar-refractivity contribution in [3.8, 4) is 23.0 Å². The molecule has 10 N–H and O–H groups in total. The molecule has 0 radical (unpaired) electrons. The van der Waals surface area contributed by atoms with Crippen molar-refractivity contribution < 1.29 is 79.5 Å². The Hall–Kier alpha value is -2.84. The van der Waals surface area contributed by atoms with Crippen LogP contribution in [-0.2, 0) is 31.8 Å². The maximum Gasteiger partial charge on any atom is 0.186 e. The van der Waals surface area contributed by atoms with Gasteiger partial charge in [0.15, 0.2) is 35.6 Å². The summed E-state index contributed by atoms with van der Waals surface area (Å²) in [6, 6.07) is 9.47. The minimum atomic E-state index is -1.67. The summed E-state index contributed by atoms with van der Waals surface area (Å²) in [5, 5.41) is 102. The molecule has 16 nitrogen and oxygen atoms in total. The van der Waals surface area contributed by atoms with Gasteiger partial charge in [-0.1, -0.05) is 12.1 Å². The molecule has 2 aliphatic heterocycles. The van der Waals surface area contributed by atoms with E-state index in [4.69, 9.17) is 28.4 Å². The highest BCUT2D eigenvalue weighted by molar-refractivity contribution is 5.43. The summed E-state index contributed by atoms with van der Waals surface area (Å²) in [6.07, 6.45) is -14.7. The number of aliphatic hydroxyl groups excluding tert-OH is 8. The maximum absolute atomic E-state index is 10.6. The number of aliphatic hydroxyl groups is 8. The monoisotopic (exact) mass is 686 g/mol. The molecule has 0 bridgehead atoms. The van der Waals surface area contributed by atoms with Crippen LogP contribution in [0.5, 0.6) is 23.0 Å². The van der Waals surface area contributed by atoms with E-state index in [1.165, 1.54) is 26.4 Å². The van der Waals surface area contributed by atoms with E-state index in [0.717, 1.165) is 0 Å². The third kappa shape index (κ3) is 8.84. The van der Waals surface area contributed by atoms with Crippen molar-refractivity contribution in [2.24, 2.45) is 11.8 Å². The summed E-state index contributed by atoms with van der Waals surface area (Å²) in [5.74, 6) is -0.854. The summed E-state index contributed by atoms with van der Waals surface area (Å²) in [4.78, 5) is 0. The highest BCUT2D eigenvalue weighted by Gasteiger charge is 2.46. The highest BCUT2D eigenvalue weighted by atomic mass is 16.7. The molecule has 0 saturated carbocycles. The normalized spacial score (nSPS) is 32.0. The van der Waals surface area contributed by atoms with Crippen LogP contribution in [0.1, 0.15) is 11.1 Å². The van der Waals surface area contributed by atoms with Gasteiger partial charge in [0, 0.05) is 0 Å². The van der Waals surface area contributed by atoms with Crippen LogP contribution in [0.25, 0.3) is 0 Å². The van der Waals surface area contributed by atoms with Crippen LogP contribution in [0, 0.1) is 11.8 Å². The first-order valence-electron chi connectivity index (χ1n) is 15.5. The average molecular weight is 687 g/mol. The molecule has 0 amide bonds. The minimum Gasteiger partial charge on any atom is -0.504 e. The standard InChI is InChI=1S/C32H46O16/c1-43-21-9-15(3-5-19(21)35)7-17(13-45-31-29(41)27(39)25(37)23(11-33)47-31)18(8-16-4-6-20(36)22(10-16)44-2)14-46-32-30(42)28(40)26(38)24(12-34)48-32/h3-6,9-10,17-18,23-42H,7-8,11-14H2,1-2H3/t17-,18-,23-,24-,25-,26+,27+,28+,29-,30-,31-,32-/m0/s1. The molecule has 2 aliphatic rings. The number of rotatable bonds is 15. The fourth-order valence-electron chi connectivity index (χ4n) is 5.87. The Kier molecular flexibility index (Phi) is 13.6. The van der Waals surface area contributed by atoms with Crippen molar-refractivity contribution in [1.82, 2.24) is 0 Å². The van der Waals surface area contributed by atoms with E-state index in [9.17, 15) is 51.1 Å². The summed E-state index contributed by atoms with van der Waals surface area (Å²) in [5.41, 5.74) is 1.38. The maximum atomic E-state index is 10.6. The van der Waals surface area contributed by atoms with Crippen molar-refractivity contribution in [3.63, 3.8) is 0 Å². The Morgan fingerprint density at radius 2 is 0.958 bits per heavy atom. The van der Waals surface area contributed by atoms with Crippen molar-refractivity contribution in [2.75, 3.05) is 40.6 Å². The zero-order valence-electron chi connectivity index (χ0n) is 26.6. The number of methoxy groups -OCH3 is 2. The molecule has 0 aliphatic carbocycles. The van der Waals surface area contributed by atoms with Gasteiger partial charge in [-0.3, -0.25) is 0 Å². The molecule has 2 saturated heterocycles. The van der Waals surface area contributed by atoms with Crippen molar-refractivity contribution in [2.45, 2.75) is 74.3 Å². The lowest BCUT2D eigenvalue weighted by molar-refractivity contribution is -0.308. The van der Waals surface area contributed by atoms with Gasteiger partial charge in [-0.2, -0.15) is 0 Å². The van der Waals surface area contributed by atoms with Crippen LogP contribution in [0.4, 0.5) is 0 Å². The first-order valence-corrected chi connectivity index (χ1v) is 15.5. The smallest absolute Gasteiger partial charge is 0.186 e. The zero-order chi connectivity index (χ0) is 35.1. The molecular weight excluding hydrogens is 640 g/mol. The lowest BCUT2D eigenvalue weighted by atomic mass is 9.83. The quantitative estimate of drug-likeness (QED) is 0.0951. The first-order chi connectivity index (χ1) is 22.9. The van der Waals surface area contributed by atoms with E-state index in [1.54, 1.807) is 24.3 Å². The molecule has 270 valence electrons. The van der Waals surface area contributed by atoms with Gasteiger partial charge in [0.05, 0.1) is 40.6 Å². The van der Waals surface area contributed by atoms with Gasteiger partial charge in [0.2, 0.25) is 0 Å². The lowest BCUT2D eigenvalue weighted by Gasteiger charge is -2.41. The fraction of sp³-hybridized carbons (Fsp3) is 0.625. The Bertz CT molecular complexity index is 1200. The number of phenolic OH excluding ortho intramolecular Hbond substituents is 2. The fourth-order valence-corrected chi connectivity index (χ4v) is 5.87. The molecule has 2 aromatic carbocycles. The molecule has 2 fully saturated rings. The van der Waals surface area contributed by atoms with Crippen molar-refractivity contribution in [3.05, 3.63) is 47.5 Å². The van der Waals surface area contributed by atoms with Crippen LogP contribution in [0.2, 0.25) is 0 Å². The molecule has 48 heavy (non-hydrogen) atoms. The van der Waals surface area contributed by atoms with Crippen LogP contribution in [0.3, 0.4) is 0 Å². The Balaban J connectivity index is 1.66. The molecule has 2 aromatic rings. The Morgan fingerprint density at radius 1 is 0.583 bits per heavy atom. The van der Waals surface area contributed by atoms with Crippen molar-refractivity contribution in [1.29, 1.82) is 0 Å². The van der Waals surface area contributed by atoms with Crippen LogP contribution in [0.15, 0.2) is 36.4 Å². The number of hydrogen-bond donors (Lipinski definition) is 10. The molecule has 0 aromatic heterocycles. The predicted octanol–water partition coefficient (Wildman–Crippen LogP) is -2.23. The Morgan fingerprint density at radius 3 is 1.29 bits per heavy atom. The second kappa shape index (κ2) is 17.2. The largest absolute Gasteiger partial charge is 0.504 e. The van der Waals surface area contributed by atoms with Gasteiger partial charge in [-0.05, 0) is 60.1 Å². The molecular formula is C32H46O16. The third-order valence-electron chi connectivity index (χ3n) is 8.80. The molecule has 2 heterocycles. The summed E-state index contributed by atoms with van der Waals surface area (Å²) < 4.78 is 33.6. The van der Waals surface area contributed by atoms with Gasteiger partial charge in [0.1, 0.15) is 48.8 Å². The van der Waals surface area contributed by atoms with Gasteiger partial charge in [0.25, 0.3) is 0 Å². The van der Waals surface area contributed by atoms with E-state index >= 15 is 0 Å². The Labute approximate surface area is 276 Å². The van der Waals surface area contributed by atoms with Gasteiger partial charge >= 0.3 is 0 Å². The molecule has 0 spiro atoms. The first kappa shape index (κ1) is 38.0. The number of ether oxygens (including phenoxy) is 6. The number of phenols is 2. The highest BCUT2D eigenvalue weighted by Crippen LogP contribution is 2.34. The van der Waals surface area contributed by atoms with Gasteiger partial charge in [-0.25, -0.2) is 0 Å². The predicted molar refractivity (Wildman–Crippen MR) is 163 cm³/mol. The second-order valence-electron chi connectivity index (χ2n) is 12.0. The summed E-state index contributed by atoms with van der Waals surface area (Å²) in [6.45, 7) is -1.63. The van der Waals surface area contributed by atoms with E-state index in [2.05, 4.69) is 0 Å². The average Bonchev–Trinajstić information content (AvgIpc) is 3.09. The van der Waals surface area contributed by atoms with Gasteiger partial charge < -0.3 is 79.5 Å². The summed E-state index contributed by atoms with van der Waals surface area (Å²) >= 11 is 0. The minimum absolute atomic E-state index is 0.0888. The van der Waals surface area contributed by atoms with Crippen LogP contribution < -0.4 is 9.47 Å². The topological polar surface area (TPSA) is 258 Å². The number of benzene rings is 2. The van der Waals surface area contributed by atoms with E-state index in [1.807, 2.05) is 0 Å². The van der Waals surface area contributed by atoms with E-state index in [0.29, 0.717) is 11.1 Å². The molecule has 4 rings (SSSR count).